The first-order valence-electron chi connectivity index (χ1n) is 10.8. The third kappa shape index (κ3) is 3.55. The number of carboxylic acids is 1. The summed E-state index contributed by atoms with van der Waals surface area (Å²) in [7, 11) is 0. The second-order valence-corrected chi connectivity index (χ2v) is 8.59. The maximum atomic E-state index is 12.8. The SMILES string of the molecule is O=C(O)CN1CC2(CCN(C(=O)OCC3c4ccccc4-c4ccccc43)CC2)OC1=O. The van der Waals surface area contributed by atoms with Crippen molar-refractivity contribution in [3.8, 4) is 11.1 Å². The molecule has 166 valence electrons. The Bertz CT molecular complexity index is 1030. The molecule has 0 aromatic heterocycles. The predicted octanol–water partition coefficient (Wildman–Crippen LogP) is 3.31. The number of ether oxygens (including phenoxy) is 2. The number of amides is 2. The van der Waals surface area contributed by atoms with Crippen molar-refractivity contribution < 1.29 is 29.0 Å². The summed E-state index contributed by atoms with van der Waals surface area (Å²) in [5, 5.41) is 8.95. The Kier molecular flexibility index (Phi) is 5.00. The van der Waals surface area contributed by atoms with Gasteiger partial charge in [-0.1, -0.05) is 48.5 Å². The summed E-state index contributed by atoms with van der Waals surface area (Å²) in [5.74, 6) is -1.07. The molecule has 32 heavy (non-hydrogen) atoms. The minimum absolute atomic E-state index is 0.00264. The van der Waals surface area contributed by atoms with Gasteiger partial charge in [-0.05, 0) is 22.3 Å². The van der Waals surface area contributed by atoms with Gasteiger partial charge in [-0.2, -0.15) is 0 Å². The smallest absolute Gasteiger partial charge is 0.411 e. The van der Waals surface area contributed by atoms with Crippen molar-refractivity contribution in [1.29, 1.82) is 0 Å². The van der Waals surface area contributed by atoms with E-state index in [1.807, 2.05) is 24.3 Å². The van der Waals surface area contributed by atoms with Gasteiger partial charge in [0.2, 0.25) is 0 Å². The van der Waals surface area contributed by atoms with Gasteiger partial charge >= 0.3 is 18.2 Å². The van der Waals surface area contributed by atoms with Gasteiger partial charge < -0.3 is 19.5 Å². The molecule has 1 spiro atoms. The number of nitrogens with zero attached hydrogens (tertiary/aromatic N) is 2. The van der Waals surface area contributed by atoms with Crippen molar-refractivity contribution in [3.63, 3.8) is 0 Å². The van der Waals surface area contributed by atoms with Gasteiger partial charge in [0.25, 0.3) is 0 Å². The number of piperidine rings is 1. The highest BCUT2D eigenvalue weighted by atomic mass is 16.6. The summed E-state index contributed by atoms with van der Waals surface area (Å²) in [4.78, 5) is 38.5. The topological polar surface area (TPSA) is 96.4 Å². The summed E-state index contributed by atoms with van der Waals surface area (Å²) in [6, 6.07) is 16.4. The highest BCUT2D eigenvalue weighted by Crippen LogP contribution is 2.44. The van der Waals surface area contributed by atoms with Crippen LogP contribution >= 0.6 is 0 Å². The molecule has 8 heteroatoms. The number of carbonyl (C=O) groups excluding carboxylic acids is 2. The highest BCUT2D eigenvalue weighted by Gasteiger charge is 2.48. The maximum Gasteiger partial charge on any atom is 0.411 e. The molecular formula is C24H24N2O6. The predicted molar refractivity (Wildman–Crippen MR) is 114 cm³/mol. The van der Waals surface area contributed by atoms with E-state index in [1.54, 1.807) is 4.90 Å². The van der Waals surface area contributed by atoms with Crippen LogP contribution in [0.5, 0.6) is 0 Å². The lowest BCUT2D eigenvalue weighted by atomic mass is 9.91. The van der Waals surface area contributed by atoms with E-state index in [0.717, 1.165) is 11.1 Å². The molecule has 0 unspecified atom stereocenters. The number of likely N-dealkylation sites (tertiary alicyclic amines) is 1. The van der Waals surface area contributed by atoms with E-state index in [-0.39, 0.29) is 31.7 Å². The first kappa shape index (κ1) is 20.4. The van der Waals surface area contributed by atoms with Gasteiger partial charge in [-0.25, -0.2) is 9.59 Å². The summed E-state index contributed by atoms with van der Waals surface area (Å²) >= 11 is 0. The van der Waals surface area contributed by atoms with Crippen LogP contribution in [0.25, 0.3) is 11.1 Å². The number of hydrogen-bond donors (Lipinski definition) is 1. The van der Waals surface area contributed by atoms with Crippen LogP contribution in [-0.4, -0.2) is 71.4 Å². The molecule has 2 fully saturated rings. The number of carboxylic acid groups (broad SMARTS) is 1. The molecule has 3 aliphatic rings. The van der Waals surface area contributed by atoms with Gasteiger partial charge in [0.15, 0.2) is 0 Å². The highest BCUT2D eigenvalue weighted by molar-refractivity contribution is 5.79. The van der Waals surface area contributed by atoms with Crippen LogP contribution in [0.15, 0.2) is 48.5 Å². The molecule has 0 radical (unpaired) electrons. The van der Waals surface area contributed by atoms with Crippen molar-refractivity contribution in [1.82, 2.24) is 9.80 Å². The van der Waals surface area contributed by atoms with Crippen LogP contribution < -0.4 is 0 Å². The Morgan fingerprint density at radius 3 is 2.22 bits per heavy atom. The Morgan fingerprint density at radius 2 is 1.62 bits per heavy atom. The third-order valence-corrected chi connectivity index (χ3v) is 6.64. The Hall–Kier alpha value is -3.55. The minimum Gasteiger partial charge on any atom is -0.480 e. The molecule has 2 aliphatic heterocycles. The van der Waals surface area contributed by atoms with Gasteiger partial charge in [-0.15, -0.1) is 0 Å². The van der Waals surface area contributed by atoms with Crippen LogP contribution in [0.3, 0.4) is 0 Å². The van der Waals surface area contributed by atoms with Crippen molar-refractivity contribution >= 4 is 18.2 Å². The first-order chi connectivity index (χ1) is 15.5. The molecule has 5 rings (SSSR count). The zero-order valence-corrected chi connectivity index (χ0v) is 17.5. The standard InChI is InChI=1S/C24H24N2O6/c27-21(28)13-26-15-24(32-23(26)30)9-11-25(12-10-24)22(29)31-14-20-18-7-3-1-5-16(18)17-6-2-4-8-19(17)20/h1-8,20H,9-15H2,(H,27,28). The average molecular weight is 436 g/mol. The summed E-state index contributed by atoms with van der Waals surface area (Å²) in [6.07, 6.45) is -0.0756. The molecule has 0 atom stereocenters. The molecule has 2 aromatic carbocycles. The fraction of sp³-hybridized carbons (Fsp3) is 0.375. The summed E-state index contributed by atoms with van der Waals surface area (Å²) < 4.78 is 11.2. The van der Waals surface area contributed by atoms with Crippen molar-refractivity contribution in [3.05, 3.63) is 59.7 Å². The number of aliphatic carboxylic acids is 1. The average Bonchev–Trinajstić information content (AvgIpc) is 3.26. The lowest BCUT2D eigenvalue weighted by Crippen LogP contribution is -2.49. The number of benzene rings is 2. The lowest BCUT2D eigenvalue weighted by molar-refractivity contribution is -0.137. The normalized spacial score (nSPS) is 18.9. The number of fused-ring (bicyclic) bond motifs is 3. The second-order valence-electron chi connectivity index (χ2n) is 8.59. The molecular weight excluding hydrogens is 412 g/mol. The summed E-state index contributed by atoms with van der Waals surface area (Å²) in [5.41, 5.74) is 3.95. The monoisotopic (exact) mass is 436 g/mol. The second kappa shape index (κ2) is 7.85. The van der Waals surface area contributed by atoms with Crippen molar-refractivity contribution in [2.75, 3.05) is 32.8 Å². The molecule has 1 N–H and O–H groups in total. The van der Waals surface area contributed by atoms with Gasteiger partial charge in [-0.3, -0.25) is 9.69 Å². The Labute approximate surface area is 185 Å². The van der Waals surface area contributed by atoms with E-state index in [2.05, 4.69) is 24.3 Å². The van der Waals surface area contributed by atoms with Crippen LogP contribution in [-0.2, 0) is 14.3 Å². The van der Waals surface area contributed by atoms with Gasteiger partial charge in [0.1, 0.15) is 18.8 Å². The number of rotatable bonds is 4. The quantitative estimate of drug-likeness (QED) is 0.790. The maximum absolute atomic E-state index is 12.8. The number of hydrogen-bond acceptors (Lipinski definition) is 5. The first-order valence-corrected chi connectivity index (χ1v) is 10.8. The molecule has 0 bridgehead atoms. The third-order valence-electron chi connectivity index (χ3n) is 6.64. The molecule has 8 nitrogen and oxygen atoms in total. The van der Waals surface area contributed by atoms with E-state index in [0.29, 0.717) is 25.9 Å². The zero-order chi connectivity index (χ0) is 22.3. The van der Waals surface area contributed by atoms with Crippen molar-refractivity contribution in [2.24, 2.45) is 0 Å². The Morgan fingerprint density at radius 1 is 1.03 bits per heavy atom. The van der Waals surface area contributed by atoms with Crippen LogP contribution in [0.4, 0.5) is 9.59 Å². The zero-order valence-electron chi connectivity index (χ0n) is 17.5. The lowest BCUT2D eigenvalue weighted by Gasteiger charge is -2.36. The number of carbonyl (C=O) groups is 3. The minimum atomic E-state index is -1.07. The molecule has 2 saturated heterocycles. The molecule has 2 amide bonds. The van der Waals surface area contributed by atoms with Crippen LogP contribution in [0.1, 0.15) is 29.9 Å². The fourth-order valence-corrected chi connectivity index (χ4v) is 5.02. The van der Waals surface area contributed by atoms with Crippen LogP contribution in [0, 0.1) is 0 Å². The van der Waals surface area contributed by atoms with E-state index >= 15 is 0 Å². The van der Waals surface area contributed by atoms with E-state index in [4.69, 9.17) is 14.6 Å². The van der Waals surface area contributed by atoms with Crippen molar-refractivity contribution in [2.45, 2.75) is 24.4 Å². The fourth-order valence-electron chi connectivity index (χ4n) is 5.02. The molecule has 2 aromatic rings. The molecule has 1 aliphatic carbocycles. The molecule has 0 saturated carbocycles. The van der Waals surface area contributed by atoms with E-state index in [1.165, 1.54) is 16.0 Å². The largest absolute Gasteiger partial charge is 0.480 e. The van der Waals surface area contributed by atoms with Gasteiger partial charge in [0.05, 0.1) is 6.54 Å². The Balaban J connectivity index is 1.20. The summed E-state index contributed by atoms with van der Waals surface area (Å²) in [6.45, 7) is 0.902. The van der Waals surface area contributed by atoms with E-state index in [9.17, 15) is 14.4 Å². The van der Waals surface area contributed by atoms with Crippen LogP contribution in [0.2, 0.25) is 0 Å². The van der Waals surface area contributed by atoms with Gasteiger partial charge in [0, 0.05) is 31.8 Å². The van der Waals surface area contributed by atoms with E-state index < -0.39 is 17.7 Å². The molecule has 2 heterocycles.